The molecule has 21 heavy (non-hydrogen) atoms. The van der Waals surface area contributed by atoms with Crippen molar-refractivity contribution in [2.45, 2.75) is 79.8 Å². The molecule has 4 nitrogen and oxygen atoms in total. The van der Waals surface area contributed by atoms with Crippen molar-refractivity contribution in [3.63, 3.8) is 0 Å². The van der Waals surface area contributed by atoms with Crippen LogP contribution in [-0.4, -0.2) is 34.8 Å². The quantitative estimate of drug-likeness (QED) is 0.851. The Bertz CT molecular complexity index is 413. The van der Waals surface area contributed by atoms with Crippen LogP contribution in [-0.2, 0) is 9.59 Å². The Labute approximate surface area is 129 Å². The molecule has 0 aromatic carbocycles. The van der Waals surface area contributed by atoms with Crippen LogP contribution in [0.3, 0.4) is 0 Å². The van der Waals surface area contributed by atoms with Gasteiger partial charge in [0, 0.05) is 18.5 Å². The van der Waals surface area contributed by atoms with E-state index in [4.69, 9.17) is 0 Å². The van der Waals surface area contributed by atoms with Gasteiger partial charge in [0.2, 0.25) is 11.8 Å². The van der Waals surface area contributed by atoms with Crippen LogP contribution in [0.5, 0.6) is 0 Å². The SMILES string of the molecule is CC(C)(C)CC(C)(C)N1CCC(=O)NC(C(C)(C)C)C1=O. The van der Waals surface area contributed by atoms with Crippen molar-refractivity contribution >= 4 is 11.8 Å². The van der Waals surface area contributed by atoms with Gasteiger partial charge >= 0.3 is 0 Å². The van der Waals surface area contributed by atoms with Gasteiger partial charge in [0.05, 0.1) is 0 Å². The summed E-state index contributed by atoms with van der Waals surface area (Å²) >= 11 is 0. The predicted octanol–water partition coefficient (Wildman–Crippen LogP) is 2.96. The molecular weight excluding hydrogens is 264 g/mol. The minimum absolute atomic E-state index is 0.0302. The Balaban J connectivity index is 3.10. The summed E-state index contributed by atoms with van der Waals surface area (Å²) in [7, 11) is 0. The highest BCUT2D eigenvalue weighted by molar-refractivity contribution is 5.91. The smallest absolute Gasteiger partial charge is 0.246 e. The summed E-state index contributed by atoms with van der Waals surface area (Å²) in [5, 5.41) is 2.90. The van der Waals surface area contributed by atoms with E-state index in [2.05, 4.69) is 39.9 Å². The third-order valence-corrected chi connectivity index (χ3v) is 3.94. The first kappa shape index (κ1) is 18.0. The van der Waals surface area contributed by atoms with E-state index in [9.17, 15) is 9.59 Å². The Morgan fingerprint density at radius 2 is 1.57 bits per heavy atom. The van der Waals surface area contributed by atoms with Gasteiger partial charge in [-0.2, -0.15) is 0 Å². The first-order valence-electron chi connectivity index (χ1n) is 7.85. The van der Waals surface area contributed by atoms with Gasteiger partial charge in [-0.25, -0.2) is 0 Å². The first-order valence-corrected chi connectivity index (χ1v) is 7.85. The maximum absolute atomic E-state index is 13.0. The number of hydrogen-bond acceptors (Lipinski definition) is 2. The molecule has 0 aromatic heterocycles. The van der Waals surface area contributed by atoms with Crippen LogP contribution in [0.15, 0.2) is 0 Å². The molecule has 4 heteroatoms. The fraction of sp³-hybridized carbons (Fsp3) is 0.882. The molecule has 0 saturated carbocycles. The van der Waals surface area contributed by atoms with Crippen LogP contribution in [0.1, 0.15) is 68.2 Å². The molecule has 1 saturated heterocycles. The first-order chi connectivity index (χ1) is 9.24. The number of rotatable bonds is 2. The fourth-order valence-corrected chi connectivity index (χ4v) is 3.36. The molecule has 2 amide bonds. The molecule has 122 valence electrons. The van der Waals surface area contributed by atoms with Crippen molar-refractivity contribution in [2.75, 3.05) is 6.54 Å². The molecule has 1 aliphatic heterocycles. The lowest BCUT2D eigenvalue weighted by Crippen LogP contribution is -2.57. The Kier molecular flexibility index (Phi) is 4.81. The lowest BCUT2D eigenvalue weighted by molar-refractivity contribution is -0.142. The van der Waals surface area contributed by atoms with Crippen molar-refractivity contribution < 1.29 is 9.59 Å². The molecule has 0 aromatic rings. The van der Waals surface area contributed by atoms with Crippen LogP contribution in [0.25, 0.3) is 0 Å². The van der Waals surface area contributed by atoms with Gasteiger partial charge in [0.25, 0.3) is 0 Å². The maximum atomic E-state index is 13.0. The number of nitrogens with zero attached hydrogens (tertiary/aromatic N) is 1. The van der Waals surface area contributed by atoms with Gasteiger partial charge < -0.3 is 10.2 Å². The average Bonchev–Trinajstić information content (AvgIpc) is 2.34. The average molecular weight is 296 g/mol. The summed E-state index contributed by atoms with van der Waals surface area (Å²) in [6.45, 7) is 17.2. The molecule has 0 spiro atoms. The predicted molar refractivity (Wildman–Crippen MR) is 85.9 cm³/mol. The monoisotopic (exact) mass is 296 g/mol. The molecule has 0 aliphatic carbocycles. The summed E-state index contributed by atoms with van der Waals surface area (Å²) in [5.41, 5.74) is -0.414. The van der Waals surface area contributed by atoms with E-state index in [-0.39, 0.29) is 28.2 Å². The summed E-state index contributed by atoms with van der Waals surface area (Å²) in [5.74, 6) is 0.0138. The third-order valence-electron chi connectivity index (χ3n) is 3.94. The highest BCUT2D eigenvalue weighted by Gasteiger charge is 2.43. The molecule has 1 rings (SSSR count). The van der Waals surface area contributed by atoms with Gasteiger partial charge in [-0.15, -0.1) is 0 Å². The fourth-order valence-electron chi connectivity index (χ4n) is 3.36. The van der Waals surface area contributed by atoms with Crippen molar-refractivity contribution in [1.82, 2.24) is 10.2 Å². The van der Waals surface area contributed by atoms with E-state index in [1.165, 1.54) is 0 Å². The number of amides is 2. The summed E-state index contributed by atoms with van der Waals surface area (Å²) in [4.78, 5) is 26.8. The summed E-state index contributed by atoms with van der Waals surface area (Å²) in [6.07, 6.45) is 1.28. The van der Waals surface area contributed by atoms with Crippen LogP contribution in [0, 0.1) is 10.8 Å². The van der Waals surface area contributed by atoms with E-state index >= 15 is 0 Å². The second kappa shape index (κ2) is 5.62. The summed E-state index contributed by atoms with van der Waals surface area (Å²) < 4.78 is 0. The van der Waals surface area contributed by atoms with Gasteiger partial charge in [0.1, 0.15) is 6.04 Å². The zero-order valence-electron chi connectivity index (χ0n) is 15.0. The Morgan fingerprint density at radius 3 is 2.00 bits per heavy atom. The van der Waals surface area contributed by atoms with Gasteiger partial charge in [-0.1, -0.05) is 41.5 Å². The highest BCUT2D eigenvalue weighted by Crippen LogP contribution is 2.34. The van der Waals surface area contributed by atoms with Crippen molar-refractivity contribution in [3.8, 4) is 0 Å². The Hall–Kier alpha value is -1.06. The molecule has 1 fully saturated rings. The van der Waals surface area contributed by atoms with Crippen molar-refractivity contribution in [3.05, 3.63) is 0 Å². The third kappa shape index (κ3) is 4.72. The van der Waals surface area contributed by atoms with E-state index in [0.29, 0.717) is 13.0 Å². The zero-order valence-corrected chi connectivity index (χ0v) is 15.0. The Morgan fingerprint density at radius 1 is 1.05 bits per heavy atom. The molecular formula is C17H32N2O2. The van der Waals surface area contributed by atoms with E-state index in [0.717, 1.165) is 6.42 Å². The lowest BCUT2D eigenvalue weighted by Gasteiger charge is -2.44. The molecule has 1 aliphatic rings. The van der Waals surface area contributed by atoms with Crippen LogP contribution < -0.4 is 5.32 Å². The van der Waals surface area contributed by atoms with Crippen LogP contribution in [0.2, 0.25) is 0 Å². The number of carbonyl (C=O) groups excluding carboxylic acids is 2. The van der Waals surface area contributed by atoms with E-state index in [1.807, 2.05) is 25.7 Å². The minimum atomic E-state index is -0.452. The molecule has 1 unspecified atom stereocenters. The number of nitrogens with one attached hydrogen (secondary N) is 1. The van der Waals surface area contributed by atoms with Gasteiger partial charge in [0.15, 0.2) is 0 Å². The van der Waals surface area contributed by atoms with E-state index < -0.39 is 6.04 Å². The summed E-state index contributed by atoms with van der Waals surface area (Å²) in [6, 6.07) is -0.452. The highest BCUT2D eigenvalue weighted by atomic mass is 16.2. The van der Waals surface area contributed by atoms with Gasteiger partial charge in [-0.3, -0.25) is 9.59 Å². The second-order valence-corrected chi connectivity index (χ2v) is 9.16. The zero-order chi connectivity index (χ0) is 16.6. The van der Waals surface area contributed by atoms with Crippen LogP contribution in [0.4, 0.5) is 0 Å². The van der Waals surface area contributed by atoms with Crippen molar-refractivity contribution in [1.29, 1.82) is 0 Å². The normalized spacial score (nSPS) is 22.1. The molecule has 1 heterocycles. The topological polar surface area (TPSA) is 49.4 Å². The number of hydrogen-bond donors (Lipinski definition) is 1. The van der Waals surface area contributed by atoms with E-state index in [1.54, 1.807) is 0 Å². The molecule has 0 radical (unpaired) electrons. The maximum Gasteiger partial charge on any atom is 0.246 e. The molecule has 0 bridgehead atoms. The lowest BCUT2D eigenvalue weighted by atomic mass is 9.79. The molecule has 1 atom stereocenters. The van der Waals surface area contributed by atoms with Crippen molar-refractivity contribution in [2.24, 2.45) is 10.8 Å². The van der Waals surface area contributed by atoms with Crippen LogP contribution >= 0.6 is 0 Å². The van der Waals surface area contributed by atoms with Gasteiger partial charge in [-0.05, 0) is 31.1 Å². The minimum Gasteiger partial charge on any atom is -0.344 e. The standard InChI is InChI=1S/C17H32N2O2/c1-15(2,3)11-17(7,8)19-10-9-12(20)18-13(14(19)21)16(4,5)6/h13H,9-11H2,1-8H3,(H,18,20). The second-order valence-electron chi connectivity index (χ2n) is 9.16. The molecule has 1 N–H and O–H groups in total. The largest absolute Gasteiger partial charge is 0.344 e. The number of carbonyl (C=O) groups is 2.